The van der Waals surface area contributed by atoms with E-state index in [0.717, 1.165) is 17.5 Å². The highest BCUT2D eigenvalue weighted by atomic mass is 32.1. The van der Waals surface area contributed by atoms with Crippen molar-refractivity contribution in [1.82, 2.24) is 9.88 Å². The number of likely N-dealkylation sites (tertiary alicyclic amines) is 1. The summed E-state index contributed by atoms with van der Waals surface area (Å²) in [5.74, 6) is -0.298. The lowest BCUT2D eigenvalue weighted by Crippen LogP contribution is -2.42. The minimum atomic E-state index is -0.427. The zero-order valence-electron chi connectivity index (χ0n) is 13.4. The number of rotatable bonds is 4. The van der Waals surface area contributed by atoms with Crippen LogP contribution >= 0.6 is 11.3 Å². The number of anilines is 1. The van der Waals surface area contributed by atoms with Gasteiger partial charge in [0.25, 0.3) is 0 Å². The molecule has 1 aromatic heterocycles. The van der Waals surface area contributed by atoms with E-state index >= 15 is 0 Å². The number of amides is 2. The fourth-order valence-corrected chi connectivity index (χ4v) is 3.35. The highest BCUT2D eigenvalue weighted by molar-refractivity contribution is 7.13. The number of hydrogen-bond donors (Lipinski definition) is 1. The van der Waals surface area contributed by atoms with Crippen LogP contribution in [0.3, 0.4) is 0 Å². The van der Waals surface area contributed by atoms with Crippen LogP contribution in [-0.2, 0) is 9.59 Å². The molecule has 1 fully saturated rings. The summed E-state index contributed by atoms with van der Waals surface area (Å²) in [4.78, 5) is 30.5. The number of hydrogen-bond acceptors (Lipinski definition) is 4. The van der Waals surface area contributed by atoms with E-state index in [4.69, 9.17) is 0 Å². The molecule has 0 spiro atoms. The molecule has 0 bridgehead atoms. The third-order valence-corrected chi connectivity index (χ3v) is 4.65. The monoisotopic (exact) mass is 341 g/mol. The molecule has 5 nitrogen and oxygen atoms in total. The molecule has 0 aliphatic carbocycles. The van der Waals surface area contributed by atoms with Crippen LogP contribution in [0.2, 0.25) is 0 Å². The molecular formula is C18H19N3O2S. The molecule has 3 rings (SSSR count). The van der Waals surface area contributed by atoms with E-state index < -0.39 is 6.04 Å². The average molecular weight is 341 g/mol. The average Bonchev–Trinajstić information content (AvgIpc) is 3.24. The number of nitrogens with zero attached hydrogens (tertiary/aromatic N) is 2. The van der Waals surface area contributed by atoms with Crippen LogP contribution in [0, 0.1) is 6.92 Å². The predicted molar refractivity (Wildman–Crippen MR) is 95.7 cm³/mol. The van der Waals surface area contributed by atoms with Crippen molar-refractivity contribution in [2.24, 2.45) is 0 Å². The van der Waals surface area contributed by atoms with E-state index in [1.54, 1.807) is 28.6 Å². The Bertz CT molecular complexity index is 755. The van der Waals surface area contributed by atoms with Gasteiger partial charge in [-0.25, -0.2) is 4.98 Å². The highest BCUT2D eigenvalue weighted by Gasteiger charge is 2.33. The van der Waals surface area contributed by atoms with Gasteiger partial charge in [0.2, 0.25) is 11.8 Å². The molecule has 1 N–H and O–H groups in total. The van der Waals surface area contributed by atoms with Crippen LogP contribution < -0.4 is 5.32 Å². The maximum absolute atomic E-state index is 12.5. The first kappa shape index (κ1) is 16.4. The number of nitrogens with one attached hydrogen (secondary N) is 1. The summed E-state index contributed by atoms with van der Waals surface area (Å²) < 4.78 is 0. The van der Waals surface area contributed by atoms with Crippen LogP contribution in [0.5, 0.6) is 0 Å². The molecule has 1 atom stereocenters. The molecule has 1 aromatic carbocycles. The molecule has 0 saturated carbocycles. The molecule has 1 aliphatic rings. The van der Waals surface area contributed by atoms with Crippen molar-refractivity contribution in [2.75, 3.05) is 11.9 Å². The summed E-state index contributed by atoms with van der Waals surface area (Å²) in [6.07, 6.45) is 6.50. The molecular weight excluding hydrogens is 322 g/mol. The molecule has 0 radical (unpaired) electrons. The fourth-order valence-electron chi connectivity index (χ4n) is 2.81. The predicted octanol–water partition coefficient (Wildman–Crippen LogP) is 3.09. The molecule has 6 heteroatoms. The van der Waals surface area contributed by atoms with Crippen LogP contribution in [0.4, 0.5) is 5.13 Å². The van der Waals surface area contributed by atoms with Gasteiger partial charge in [-0.1, -0.05) is 29.8 Å². The maximum Gasteiger partial charge on any atom is 0.248 e. The minimum Gasteiger partial charge on any atom is -0.327 e. The molecule has 2 aromatic rings. The van der Waals surface area contributed by atoms with E-state index in [2.05, 4.69) is 10.3 Å². The molecule has 2 amide bonds. The van der Waals surface area contributed by atoms with Crippen LogP contribution in [0.15, 0.2) is 41.9 Å². The number of aryl methyl sites for hydroxylation is 1. The second kappa shape index (κ2) is 7.40. The number of benzene rings is 1. The van der Waals surface area contributed by atoms with Crippen LogP contribution in [0.1, 0.15) is 24.0 Å². The largest absolute Gasteiger partial charge is 0.327 e. The highest BCUT2D eigenvalue weighted by Crippen LogP contribution is 2.21. The normalized spacial score (nSPS) is 17.4. The lowest BCUT2D eigenvalue weighted by atomic mass is 10.1. The van der Waals surface area contributed by atoms with Crippen molar-refractivity contribution in [3.63, 3.8) is 0 Å². The van der Waals surface area contributed by atoms with Gasteiger partial charge in [0.05, 0.1) is 0 Å². The zero-order chi connectivity index (χ0) is 16.9. The second-order valence-corrected chi connectivity index (χ2v) is 6.66. The van der Waals surface area contributed by atoms with Crippen molar-refractivity contribution < 1.29 is 9.59 Å². The van der Waals surface area contributed by atoms with Gasteiger partial charge < -0.3 is 10.2 Å². The molecule has 1 aliphatic heterocycles. The van der Waals surface area contributed by atoms with E-state index in [9.17, 15) is 9.59 Å². The van der Waals surface area contributed by atoms with Crippen molar-refractivity contribution in [3.05, 3.63) is 53.0 Å². The third kappa shape index (κ3) is 3.89. The van der Waals surface area contributed by atoms with Gasteiger partial charge in [0.15, 0.2) is 5.13 Å². The van der Waals surface area contributed by atoms with Crippen molar-refractivity contribution in [1.29, 1.82) is 0 Å². The summed E-state index contributed by atoms with van der Waals surface area (Å²) in [7, 11) is 0. The number of carbonyl (C=O) groups is 2. The van der Waals surface area contributed by atoms with Gasteiger partial charge in [0, 0.05) is 24.2 Å². The fraction of sp³-hybridized carbons (Fsp3) is 0.278. The Morgan fingerprint density at radius 2 is 2.29 bits per heavy atom. The first-order valence-electron chi connectivity index (χ1n) is 7.89. The van der Waals surface area contributed by atoms with Crippen molar-refractivity contribution in [2.45, 2.75) is 25.8 Å². The Morgan fingerprint density at radius 3 is 3.04 bits per heavy atom. The lowest BCUT2D eigenvalue weighted by molar-refractivity contribution is -0.132. The zero-order valence-corrected chi connectivity index (χ0v) is 14.3. The summed E-state index contributed by atoms with van der Waals surface area (Å²) in [5.41, 5.74) is 2.12. The molecule has 124 valence electrons. The lowest BCUT2D eigenvalue weighted by Gasteiger charge is -2.22. The van der Waals surface area contributed by atoms with Gasteiger partial charge in [-0.15, -0.1) is 11.3 Å². The first-order chi connectivity index (χ1) is 11.6. The van der Waals surface area contributed by atoms with E-state index in [1.165, 1.54) is 11.3 Å². The van der Waals surface area contributed by atoms with Gasteiger partial charge in [-0.3, -0.25) is 9.59 Å². The number of aromatic nitrogens is 1. The smallest absolute Gasteiger partial charge is 0.248 e. The van der Waals surface area contributed by atoms with Crippen molar-refractivity contribution in [3.8, 4) is 0 Å². The Hall–Kier alpha value is -2.47. The standard InChI is InChI=1S/C18H19N3O2S/c1-13-4-2-5-14(12-13)7-8-16(22)21-10-3-6-15(21)17(23)20-18-19-9-11-24-18/h2,4-5,7-9,11-12,15H,3,6,10H2,1H3,(H,19,20,23)/b8-7+. The molecule has 24 heavy (non-hydrogen) atoms. The Kier molecular flexibility index (Phi) is 5.05. The first-order valence-corrected chi connectivity index (χ1v) is 8.77. The topological polar surface area (TPSA) is 62.3 Å². The molecule has 1 unspecified atom stereocenters. The second-order valence-electron chi connectivity index (χ2n) is 5.76. The van der Waals surface area contributed by atoms with Gasteiger partial charge in [0.1, 0.15) is 6.04 Å². The van der Waals surface area contributed by atoms with Gasteiger partial charge in [-0.2, -0.15) is 0 Å². The van der Waals surface area contributed by atoms with E-state index in [-0.39, 0.29) is 11.8 Å². The Balaban J connectivity index is 1.66. The molecule has 1 saturated heterocycles. The van der Waals surface area contributed by atoms with Gasteiger partial charge in [-0.05, 0) is 31.4 Å². The summed E-state index contributed by atoms with van der Waals surface area (Å²) in [6, 6.07) is 7.51. The molecule has 2 heterocycles. The minimum absolute atomic E-state index is 0.131. The van der Waals surface area contributed by atoms with Gasteiger partial charge >= 0.3 is 0 Å². The summed E-state index contributed by atoms with van der Waals surface area (Å²) in [5, 5.41) is 5.15. The number of thiazole rings is 1. The third-order valence-electron chi connectivity index (χ3n) is 3.96. The Labute approximate surface area is 145 Å². The summed E-state index contributed by atoms with van der Waals surface area (Å²) in [6.45, 7) is 2.62. The van der Waals surface area contributed by atoms with Crippen LogP contribution in [-0.4, -0.2) is 34.3 Å². The van der Waals surface area contributed by atoms with Crippen molar-refractivity contribution >= 4 is 34.4 Å². The SMILES string of the molecule is Cc1cccc(/C=C/C(=O)N2CCCC2C(=O)Nc2nccs2)c1. The Morgan fingerprint density at radius 1 is 1.42 bits per heavy atom. The summed E-state index contributed by atoms with van der Waals surface area (Å²) >= 11 is 1.37. The number of carbonyl (C=O) groups excluding carboxylic acids is 2. The quantitative estimate of drug-likeness (QED) is 0.869. The van der Waals surface area contributed by atoms with Crippen LogP contribution in [0.25, 0.3) is 6.08 Å². The van der Waals surface area contributed by atoms with E-state index in [0.29, 0.717) is 18.1 Å². The maximum atomic E-state index is 12.5. The van der Waals surface area contributed by atoms with E-state index in [1.807, 2.05) is 31.2 Å².